The van der Waals surface area contributed by atoms with E-state index in [1.54, 1.807) is 0 Å². The van der Waals surface area contributed by atoms with Crippen molar-refractivity contribution in [3.63, 3.8) is 0 Å². The molecule has 0 saturated heterocycles. The van der Waals surface area contributed by atoms with Crippen molar-refractivity contribution in [3.05, 3.63) is 193 Å². The van der Waals surface area contributed by atoms with E-state index in [-0.39, 0.29) is 11.2 Å². The molecule has 0 atom stereocenters. The Hall–Kier alpha value is -7.04. The van der Waals surface area contributed by atoms with Crippen LogP contribution in [0.4, 0.5) is 0 Å². The Balaban J connectivity index is 1.34. The van der Waals surface area contributed by atoms with Crippen molar-refractivity contribution in [3.8, 4) is 78.6 Å². The molecule has 0 fully saturated rings. The summed E-state index contributed by atoms with van der Waals surface area (Å²) >= 11 is 0. The van der Waals surface area contributed by atoms with Gasteiger partial charge in [0.15, 0.2) is 0 Å². The monoisotopic (exact) mass is 793 g/mol. The van der Waals surface area contributed by atoms with Crippen molar-refractivity contribution >= 4 is 11.0 Å². The molecule has 0 spiro atoms. The highest BCUT2D eigenvalue weighted by Gasteiger charge is 2.26. The molecule has 7 aromatic carbocycles. The summed E-state index contributed by atoms with van der Waals surface area (Å²) in [6.07, 6.45) is 2.87. The first kappa shape index (κ1) is 39.4. The highest BCUT2D eigenvalue weighted by Crippen LogP contribution is 2.44. The molecule has 0 saturated carbocycles. The Morgan fingerprint density at radius 1 is 0.557 bits per heavy atom. The molecule has 0 unspecified atom stereocenters. The zero-order valence-electron chi connectivity index (χ0n) is 35.8. The molecule has 0 aliphatic rings. The number of hydrogen-bond acceptors (Lipinski definition) is 3. The number of nitrogens with zero attached hydrogens (tertiary/aromatic N) is 3. The number of benzene rings is 7. The smallest absolute Gasteiger partial charge is 0.149 e. The molecule has 9 rings (SSSR count). The molecule has 0 bridgehead atoms. The third-order valence-electron chi connectivity index (χ3n) is 11.6. The van der Waals surface area contributed by atoms with Crippen molar-refractivity contribution in [2.45, 2.75) is 53.4 Å². The fourth-order valence-electron chi connectivity index (χ4n) is 8.49. The molecular weight excluding hydrogens is 743 g/mol. The summed E-state index contributed by atoms with van der Waals surface area (Å²) in [6.45, 7) is 13.2. The van der Waals surface area contributed by atoms with E-state index >= 15 is 0 Å². The van der Waals surface area contributed by atoms with E-state index in [1.165, 1.54) is 5.56 Å². The van der Waals surface area contributed by atoms with E-state index in [9.17, 15) is 5.11 Å². The van der Waals surface area contributed by atoms with E-state index in [0.29, 0.717) is 17.3 Å². The highest BCUT2D eigenvalue weighted by atomic mass is 16.3. The molecule has 0 radical (unpaired) electrons. The Bertz CT molecular complexity index is 3010. The Labute approximate surface area is 359 Å². The summed E-state index contributed by atoms with van der Waals surface area (Å²) in [7, 11) is 0. The van der Waals surface area contributed by atoms with Crippen LogP contribution in [0, 0.1) is 12.8 Å². The first-order valence-electron chi connectivity index (χ1n) is 21.3. The summed E-state index contributed by atoms with van der Waals surface area (Å²) in [5.41, 5.74) is 17.3. The van der Waals surface area contributed by atoms with Gasteiger partial charge < -0.3 is 5.11 Å². The molecular formula is C57H51N3O. The Kier molecular flexibility index (Phi) is 10.5. The van der Waals surface area contributed by atoms with Gasteiger partial charge in [0.05, 0.1) is 28.0 Å². The quantitative estimate of drug-likeness (QED) is 0.158. The van der Waals surface area contributed by atoms with Gasteiger partial charge in [0.2, 0.25) is 0 Å². The summed E-state index contributed by atoms with van der Waals surface area (Å²) in [4.78, 5) is 10.5. The normalized spacial score (nSPS) is 11.7. The number of para-hydroxylation sites is 1. The van der Waals surface area contributed by atoms with Gasteiger partial charge in [0.25, 0.3) is 0 Å². The van der Waals surface area contributed by atoms with E-state index in [2.05, 4.69) is 203 Å². The zero-order chi connectivity index (χ0) is 42.3. The van der Waals surface area contributed by atoms with Gasteiger partial charge in [-0.1, -0.05) is 150 Å². The van der Waals surface area contributed by atoms with Crippen LogP contribution < -0.4 is 0 Å². The van der Waals surface area contributed by atoms with Gasteiger partial charge in [0.1, 0.15) is 11.6 Å². The predicted octanol–water partition coefficient (Wildman–Crippen LogP) is 14.9. The number of phenolic OH excluding ortho intramolecular Hbond substituents is 1. The lowest BCUT2D eigenvalue weighted by molar-refractivity contribution is 0.471. The molecule has 9 aromatic rings. The number of pyridine rings is 1. The second kappa shape index (κ2) is 16.2. The molecule has 300 valence electrons. The third-order valence-corrected chi connectivity index (χ3v) is 11.6. The van der Waals surface area contributed by atoms with Crippen LogP contribution in [0.25, 0.3) is 83.9 Å². The summed E-state index contributed by atoms with van der Waals surface area (Å²) in [5.74, 6) is 1.44. The standard InChI is InChI=1S/C57H51N3O/c1-37(2)29-39-25-26-52(49(31-39)42-21-14-9-15-22-42)60-53-24-16-23-48(54(53)59-56(60)50-36-47(57(4,5)6)30-38(3)55(50)61)45-32-44(41-19-12-8-13-20-41)33-46(34-45)51-35-43(27-28-58-51)40-17-10-7-11-18-40/h7-28,30-37,61H,29H2,1-6H3. The largest absolute Gasteiger partial charge is 0.507 e. The average molecular weight is 794 g/mol. The topological polar surface area (TPSA) is 50.9 Å². The first-order valence-corrected chi connectivity index (χ1v) is 21.3. The fraction of sp³-hybridized carbons (Fsp3) is 0.158. The van der Waals surface area contributed by atoms with Crippen LogP contribution in [0.2, 0.25) is 0 Å². The summed E-state index contributed by atoms with van der Waals surface area (Å²) < 4.78 is 2.27. The Morgan fingerprint density at radius 2 is 1.20 bits per heavy atom. The minimum absolute atomic E-state index is 0.150. The minimum Gasteiger partial charge on any atom is -0.507 e. The third kappa shape index (κ3) is 7.90. The lowest BCUT2D eigenvalue weighted by atomic mass is 9.84. The number of rotatable bonds is 9. The summed E-state index contributed by atoms with van der Waals surface area (Å²) in [5, 5.41) is 12.0. The van der Waals surface area contributed by atoms with E-state index in [0.717, 1.165) is 90.0 Å². The van der Waals surface area contributed by atoms with Crippen molar-refractivity contribution in [2.75, 3.05) is 0 Å². The van der Waals surface area contributed by atoms with Crippen molar-refractivity contribution in [2.24, 2.45) is 5.92 Å². The van der Waals surface area contributed by atoms with E-state index < -0.39 is 0 Å². The number of aromatic nitrogens is 3. The molecule has 0 aliphatic carbocycles. The lowest BCUT2D eigenvalue weighted by Gasteiger charge is -2.22. The van der Waals surface area contributed by atoms with Crippen LogP contribution in [0.1, 0.15) is 51.3 Å². The van der Waals surface area contributed by atoms with Gasteiger partial charge in [-0.25, -0.2) is 4.98 Å². The highest BCUT2D eigenvalue weighted by molar-refractivity contribution is 5.98. The number of phenols is 1. The molecule has 4 heteroatoms. The maximum Gasteiger partial charge on any atom is 0.149 e. The lowest BCUT2D eigenvalue weighted by Crippen LogP contribution is -2.12. The van der Waals surface area contributed by atoms with Gasteiger partial charge in [-0.2, -0.15) is 0 Å². The zero-order valence-corrected chi connectivity index (χ0v) is 35.8. The first-order chi connectivity index (χ1) is 29.5. The number of imidazole rings is 1. The maximum atomic E-state index is 12.0. The van der Waals surface area contributed by atoms with Crippen LogP contribution in [-0.2, 0) is 11.8 Å². The van der Waals surface area contributed by atoms with Crippen molar-refractivity contribution < 1.29 is 5.11 Å². The van der Waals surface area contributed by atoms with Crippen LogP contribution in [0.5, 0.6) is 5.75 Å². The van der Waals surface area contributed by atoms with Crippen molar-refractivity contribution in [1.29, 1.82) is 0 Å². The molecule has 2 aromatic heterocycles. The number of hydrogen-bond donors (Lipinski definition) is 1. The van der Waals surface area contributed by atoms with Crippen LogP contribution in [-0.4, -0.2) is 19.6 Å². The van der Waals surface area contributed by atoms with Crippen LogP contribution in [0.15, 0.2) is 176 Å². The van der Waals surface area contributed by atoms with Crippen molar-refractivity contribution in [1.82, 2.24) is 14.5 Å². The Morgan fingerprint density at radius 3 is 1.87 bits per heavy atom. The van der Waals surface area contributed by atoms with Gasteiger partial charge in [-0.15, -0.1) is 0 Å². The number of fused-ring (bicyclic) bond motifs is 1. The minimum atomic E-state index is -0.150. The fourth-order valence-corrected chi connectivity index (χ4v) is 8.49. The predicted molar refractivity (Wildman–Crippen MR) is 255 cm³/mol. The number of aromatic hydroxyl groups is 1. The second-order valence-electron chi connectivity index (χ2n) is 17.7. The van der Waals surface area contributed by atoms with Crippen LogP contribution in [0.3, 0.4) is 0 Å². The van der Waals surface area contributed by atoms with Gasteiger partial charge in [0, 0.05) is 22.9 Å². The summed E-state index contributed by atoms with van der Waals surface area (Å²) in [6, 6.07) is 60.2. The number of aryl methyl sites for hydroxylation is 1. The van der Waals surface area contributed by atoms with Gasteiger partial charge in [-0.3, -0.25) is 9.55 Å². The molecule has 2 heterocycles. The maximum absolute atomic E-state index is 12.0. The van der Waals surface area contributed by atoms with E-state index in [1.807, 2.05) is 19.2 Å². The second-order valence-corrected chi connectivity index (χ2v) is 17.7. The molecule has 0 aliphatic heterocycles. The molecule has 4 nitrogen and oxygen atoms in total. The van der Waals surface area contributed by atoms with Gasteiger partial charge in [-0.05, 0) is 129 Å². The SMILES string of the molecule is Cc1cc(C(C)(C)C)cc(-c2nc3c(-c4cc(-c5ccccc5)cc(-c5cc(-c6ccccc6)ccn5)c4)cccc3n2-c2ccc(CC(C)C)cc2-c2ccccc2)c1O. The average Bonchev–Trinajstić information content (AvgIpc) is 3.67. The van der Waals surface area contributed by atoms with E-state index in [4.69, 9.17) is 9.97 Å². The molecule has 0 amide bonds. The van der Waals surface area contributed by atoms with Gasteiger partial charge >= 0.3 is 0 Å². The molecule has 1 N–H and O–H groups in total. The van der Waals surface area contributed by atoms with Crippen LogP contribution >= 0.6 is 0 Å². The molecule has 61 heavy (non-hydrogen) atoms.